The fraction of sp³-hybridized carbons (Fsp3) is 0.167. The van der Waals surface area contributed by atoms with Crippen molar-refractivity contribution in [2.75, 3.05) is 5.88 Å². The topological polar surface area (TPSA) is 32.9 Å². The Morgan fingerprint density at radius 2 is 1.71 bits per heavy atom. The summed E-state index contributed by atoms with van der Waals surface area (Å²) in [6.07, 6.45) is 1.18. The number of nitrogens with one attached hydrogen (secondary N) is 1. The number of halogens is 1. The quantitative estimate of drug-likeness (QED) is 0.519. The van der Waals surface area contributed by atoms with Gasteiger partial charge in [0.1, 0.15) is 0 Å². The van der Waals surface area contributed by atoms with Crippen LogP contribution in [0.15, 0.2) is 54.6 Å². The molecule has 21 heavy (non-hydrogen) atoms. The van der Waals surface area contributed by atoms with E-state index in [1.807, 2.05) is 54.6 Å². The van der Waals surface area contributed by atoms with Crippen LogP contribution < -0.4 is 0 Å². The van der Waals surface area contributed by atoms with E-state index in [9.17, 15) is 4.79 Å². The number of hydrogen-bond acceptors (Lipinski definition) is 1. The van der Waals surface area contributed by atoms with Crippen molar-refractivity contribution in [3.63, 3.8) is 0 Å². The molecule has 2 aromatic carbocycles. The fourth-order valence-corrected chi connectivity index (χ4v) is 2.74. The Labute approximate surface area is 128 Å². The van der Waals surface area contributed by atoms with E-state index < -0.39 is 0 Å². The number of H-pyrrole nitrogens is 1. The molecule has 0 aliphatic rings. The van der Waals surface area contributed by atoms with Gasteiger partial charge in [0.25, 0.3) is 0 Å². The number of carbonyl (C=O) groups is 1. The number of Topliss-reactive ketones (excluding diaryl/α,β-unsaturated/α-hetero) is 1. The summed E-state index contributed by atoms with van der Waals surface area (Å²) in [7, 11) is 0. The highest BCUT2D eigenvalue weighted by atomic mass is 35.5. The smallest absolute Gasteiger partial charge is 0.165 e. The first kappa shape index (κ1) is 13.9. The van der Waals surface area contributed by atoms with Gasteiger partial charge >= 0.3 is 0 Å². The number of para-hydroxylation sites is 1. The minimum atomic E-state index is 0.145. The molecule has 3 heteroatoms. The number of aromatic amines is 1. The predicted molar refractivity (Wildman–Crippen MR) is 88.0 cm³/mol. The average Bonchev–Trinajstić information content (AvgIpc) is 2.93. The van der Waals surface area contributed by atoms with Crippen molar-refractivity contribution in [1.82, 2.24) is 4.98 Å². The molecule has 3 aromatic rings. The molecule has 0 aliphatic heterocycles. The number of benzene rings is 2. The largest absolute Gasteiger partial charge is 0.354 e. The van der Waals surface area contributed by atoms with E-state index in [-0.39, 0.29) is 5.78 Å². The van der Waals surface area contributed by atoms with Crippen LogP contribution in [0, 0.1) is 0 Å². The molecule has 0 aliphatic carbocycles. The lowest BCUT2D eigenvalue weighted by atomic mass is 9.99. The molecule has 1 heterocycles. The number of carbonyl (C=O) groups excluding carboxylic acids is 1. The molecule has 0 bridgehead atoms. The Kier molecular flexibility index (Phi) is 4.07. The van der Waals surface area contributed by atoms with Gasteiger partial charge in [0.05, 0.1) is 11.3 Å². The molecule has 0 radical (unpaired) electrons. The van der Waals surface area contributed by atoms with Crippen molar-refractivity contribution >= 4 is 28.3 Å². The zero-order valence-electron chi connectivity index (χ0n) is 11.6. The number of aromatic nitrogens is 1. The molecule has 0 amide bonds. The molecule has 1 aromatic heterocycles. The van der Waals surface area contributed by atoms with Crippen LogP contribution in [-0.2, 0) is 0 Å². The van der Waals surface area contributed by atoms with E-state index >= 15 is 0 Å². The molecule has 3 rings (SSSR count). The third-order valence-corrected chi connectivity index (χ3v) is 3.85. The second-order valence-electron chi connectivity index (χ2n) is 5.00. The Morgan fingerprint density at radius 3 is 2.48 bits per heavy atom. The summed E-state index contributed by atoms with van der Waals surface area (Å²) in [6, 6.07) is 17.9. The van der Waals surface area contributed by atoms with Gasteiger partial charge in [0.2, 0.25) is 0 Å². The first-order valence-corrected chi connectivity index (χ1v) is 7.60. The van der Waals surface area contributed by atoms with Gasteiger partial charge in [-0.15, -0.1) is 11.6 Å². The molecule has 0 saturated heterocycles. The van der Waals surface area contributed by atoms with Crippen LogP contribution in [0.3, 0.4) is 0 Å². The summed E-state index contributed by atoms with van der Waals surface area (Å²) in [5, 5.41) is 0.982. The summed E-state index contributed by atoms with van der Waals surface area (Å²) in [5.41, 5.74) is 3.70. The summed E-state index contributed by atoms with van der Waals surface area (Å²) in [6.45, 7) is 0. The van der Waals surface area contributed by atoms with Crippen molar-refractivity contribution in [3.05, 3.63) is 60.2 Å². The predicted octanol–water partition coefficient (Wildman–Crippen LogP) is 5.04. The lowest BCUT2D eigenvalue weighted by molar-refractivity contribution is 0.0984. The van der Waals surface area contributed by atoms with Crippen molar-refractivity contribution in [2.24, 2.45) is 0 Å². The second-order valence-corrected chi connectivity index (χ2v) is 5.38. The zero-order valence-corrected chi connectivity index (χ0v) is 12.4. The van der Waals surface area contributed by atoms with Crippen LogP contribution in [0.25, 0.3) is 22.2 Å². The van der Waals surface area contributed by atoms with E-state index in [2.05, 4.69) is 4.98 Å². The van der Waals surface area contributed by atoms with Crippen molar-refractivity contribution in [1.29, 1.82) is 0 Å². The Morgan fingerprint density at radius 1 is 1.00 bits per heavy atom. The number of hydrogen-bond donors (Lipinski definition) is 1. The van der Waals surface area contributed by atoms with Crippen LogP contribution in [-0.4, -0.2) is 16.6 Å². The van der Waals surface area contributed by atoms with Gasteiger partial charge < -0.3 is 4.98 Å². The van der Waals surface area contributed by atoms with Crippen molar-refractivity contribution < 1.29 is 4.79 Å². The highest BCUT2D eigenvalue weighted by molar-refractivity contribution is 6.18. The maximum absolute atomic E-state index is 12.6. The van der Waals surface area contributed by atoms with Gasteiger partial charge in [0.15, 0.2) is 5.78 Å². The lowest BCUT2D eigenvalue weighted by Gasteiger charge is -2.04. The minimum absolute atomic E-state index is 0.145. The number of rotatable bonds is 5. The molecule has 2 nitrogen and oxygen atoms in total. The molecule has 0 saturated carbocycles. The molecule has 0 unspecified atom stereocenters. The van der Waals surface area contributed by atoms with E-state index in [1.54, 1.807) is 0 Å². The monoisotopic (exact) mass is 297 g/mol. The summed E-state index contributed by atoms with van der Waals surface area (Å²) < 4.78 is 0. The van der Waals surface area contributed by atoms with E-state index in [4.69, 9.17) is 11.6 Å². The average molecular weight is 298 g/mol. The van der Waals surface area contributed by atoms with Crippen molar-refractivity contribution in [2.45, 2.75) is 12.8 Å². The number of alkyl halides is 1. The highest BCUT2D eigenvalue weighted by Gasteiger charge is 2.18. The third kappa shape index (κ3) is 2.72. The summed E-state index contributed by atoms with van der Waals surface area (Å²) in [5.74, 6) is 0.654. The second kappa shape index (κ2) is 6.15. The molecule has 0 atom stereocenters. The van der Waals surface area contributed by atoms with Gasteiger partial charge in [-0.3, -0.25) is 4.79 Å². The molecule has 106 valence electrons. The molecule has 0 spiro atoms. The Hall–Kier alpha value is -2.06. The first-order chi connectivity index (χ1) is 10.3. The maximum Gasteiger partial charge on any atom is 0.165 e. The van der Waals surface area contributed by atoms with Gasteiger partial charge in [0, 0.05) is 23.2 Å². The van der Waals surface area contributed by atoms with Crippen LogP contribution >= 0.6 is 11.6 Å². The normalized spacial score (nSPS) is 10.9. The van der Waals surface area contributed by atoms with Crippen LogP contribution in [0.1, 0.15) is 23.2 Å². The molecular weight excluding hydrogens is 282 g/mol. The summed E-state index contributed by atoms with van der Waals surface area (Å²) in [4.78, 5) is 16.0. The van der Waals surface area contributed by atoms with E-state index in [0.29, 0.717) is 18.7 Å². The van der Waals surface area contributed by atoms with Crippen molar-refractivity contribution in [3.8, 4) is 11.3 Å². The Balaban J connectivity index is 2.17. The minimum Gasteiger partial charge on any atom is -0.354 e. The highest BCUT2D eigenvalue weighted by Crippen LogP contribution is 2.31. The van der Waals surface area contributed by atoms with Crippen LogP contribution in [0.5, 0.6) is 0 Å². The van der Waals surface area contributed by atoms with Gasteiger partial charge in [-0.2, -0.15) is 0 Å². The van der Waals surface area contributed by atoms with Gasteiger partial charge in [-0.05, 0) is 18.1 Å². The van der Waals surface area contributed by atoms with Crippen LogP contribution in [0.4, 0.5) is 0 Å². The standard InChI is InChI=1S/C18H16ClNO/c19-12-6-11-16(21)17-14-9-4-5-10-15(14)20-18(17)13-7-2-1-3-8-13/h1-5,7-10,20H,6,11-12H2. The number of fused-ring (bicyclic) bond motifs is 1. The first-order valence-electron chi connectivity index (χ1n) is 7.06. The fourth-order valence-electron chi connectivity index (χ4n) is 2.61. The van der Waals surface area contributed by atoms with E-state index in [1.165, 1.54) is 0 Å². The van der Waals surface area contributed by atoms with E-state index in [0.717, 1.165) is 27.7 Å². The SMILES string of the molecule is O=C(CCCCl)c1c(-c2ccccc2)[nH]c2ccccc12. The third-order valence-electron chi connectivity index (χ3n) is 3.58. The lowest BCUT2D eigenvalue weighted by Crippen LogP contribution is -2.00. The molecule has 0 fully saturated rings. The Bertz CT molecular complexity index is 761. The van der Waals surface area contributed by atoms with Gasteiger partial charge in [-0.25, -0.2) is 0 Å². The molecular formula is C18H16ClNO. The molecule has 1 N–H and O–H groups in total. The zero-order chi connectivity index (χ0) is 14.7. The maximum atomic E-state index is 12.6. The summed E-state index contributed by atoms with van der Waals surface area (Å²) >= 11 is 5.72. The number of ketones is 1. The van der Waals surface area contributed by atoms with Gasteiger partial charge in [-0.1, -0.05) is 48.5 Å². The van der Waals surface area contributed by atoms with Crippen LogP contribution in [0.2, 0.25) is 0 Å².